The second-order valence-electron chi connectivity index (χ2n) is 2.62. The number of nitrogens with zero attached hydrogens (tertiary/aromatic N) is 1. The Morgan fingerprint density at radius 3 is 2.50 bits per heavy atom. The predicted molar refractivity (Wildman–Crippen MR) is 60.7 cm³/mol. The Morgan fingerprint density at radius 2 is 2.14 bits per heavy atom. The monoisotopic (exact) mass is 325 g/mol. The third kappa shape index (κ3) is 2.03. The number of carbonyl (C=O) groups excluding carboxylic acids is 1. The summed E-state index contributed by atoms with van der Waals surface area (Å²) in [5, 5.41) is 9.89. The Labute approximate surface area is 98.5 Å². The maximum Gasteiger partial charge on any atom is 0.285 e. The lowest BCUT2D eigenvalue weighted by Gasteiger charge is -2.03. The van der Waals surface area contributed by atoms with E-state index in [2.05, 4.69) is 0 Å². The summed E-state index contributed by atoms with van der Waals surface area (Å²) >= 11 is 7.12. The van der Waals surface area contributed by atoms with Crippen molar-refractivity contribution < 1.29 is 9.72 Å². The van der Waals surface area contributed by atoms with Crippen molar-refractivity contribution in [2.75, 3.05) is 0 Å². The summed E-state index contributed by atoms with van der Waals surface area (Å²) in [6.07, 6.45) is 0. The second-order valence-corrected chi connectivity index (χ2v) is 4.12. The molecule has 0 radical (unpaired) electrons. The summed E-state index contributed by atoms with van der Waals surface area (Å²) in [6.45, 7) is 1.57. The molecule has 0 atom stereocenters. The van der Waals surface area contributed by atoms with Gasteiger partial charge in [-0.1, -0.05) is 6.07 Å². The molecule has 0 aliphatic rings. The Bertz CT molecular complexity index is 380. The van der Waals surface area contributed by atoms with Crippen LogP contribution in [0.25, 0.3) is 0 Å². The number of nitro benzene ring substituents is 1. The van der Waals surface area contributed by atoms with Gasteiger partial charge in [0.05, 0.1) is 4.92 Å². The summed E-state index contributed by atoms with van der Waals surface area (Å²) in [4.78, 5) is 21.1. The highest BCUT2D eigenvalue weighted by atomic mass is 127. The summed E-state index contributed by atoms with van der Waals surface area (Å²) in [6, 6.07) is 3.21. The first kappa shape index (κ1) is 11.4. The topological polar surface area (TPSA) is 60.2 Å². The zero-order valence-electron chi connectivity index (χ0n) is 7.08. The van der Waals surface area contributed by atoms with E-state index in [1.165, 1.54) is 0 Å². The first-order valence-electron chi connectivity index (χ1n) is 3.58. The summed E-state index contributed by atoms with van der Waals surface area (Å²) in [7, 11) is 0. The van der Waals surface area contributed by atoms with Crippen molar-refractivity contribution in [3.8, 4) is 0 Å². The molecule has 1 aromatic carbocycles. The van der Waals surface area contributed by atoms with Crippen LogP contribution in [0.4, 0.5) is 5.69 Å². The number of nitro groups is 1. The Balaban J connectivity index is 3.58. The summed E-state index contributed by atoms with van der Waals surface area (Å²) < 4.78 is 0.486. The van der Waals surface area contributed by atoms with Crippen LogP contribution in [0.5, 0.6) is 0 Å². The first-order valence-corrected chi connectivity index (χ1v) is 5.04. The Hall–Kier alpha value is -0.690. The van der Waals surface area contributed by atoms with Crippen LogP contribution in [0.2, 0.25) is 0 Å². The normalized spacial score (nSPS) is 9.93. The van der Waals surface area contributed by atoms with Crippen LogP contribution in [0.3, 0.4) is 0 Å². The van der Waals surface area contributed by atoms with Gasteiger partial charge in [0.1, 0.15) is 5.56 Å². The van der Waals surface area contributed by atoms with Gasteiger partial charge >= 0.3 is 0 Å². The van der Waals surface area contributed by atoms with E-state index in [9.17, 15) is 14.9 Å². The van der Waals surface area contributed by atoms with Crippen LogP contribution in [-0.2, 0) is 0 Å². The molecular formula is C8H5ClINO3. The zero-order chi connectivity index (χ0) is 10.9. The van der Waals surface area contributed by atoms with Gasteiger partial charge in [-0.15, -0.1) is 0 Å². The van der Waals surface area contributed by atoms with Crippen molar-refractivity contribution in [2.45, 2.75) is 6.92 Å². The molecule has 1 aromatic rings. The molecule has 0 spiro atoms. The van der Waals surface area contributed by atoms with E-state index >= 15 is 0 Å². The van der Waals surface area contributed by atoms with Crippen LogP contribution >= 0.6 is 34.2 Å². The van der Waals surface area contributed by atoms with Crippen LogP contribution < -0.4 is 0 Å². The lowest BCUT2D eigenvalue weighted by molar-refractivity contribution is -0.385. The molecule has 0 aromatic heterocycles. The molecule has 0 saturated carbocycles. The molecule has 0 saturated heterocycles. The second kappa shape index (κ2) is 4.22. The first-order chi connectivity index (χ1) is 6.45. The number of carbonyl (C=O) groups is 1. The van der Waals surface area contributed by atoms with Gasteiger partial charge < -0.3 is 0 Å². The average Bonchev–Trinajstić information content (AvgIpc) is 2.07. The van der Waals surface area contributed by atoms with E-state index in [1.54, 1.807) is 19.1 Å². The minimum absolute atomic E-state index is 0.0303. The summed E-state index contributed by atoms with van der Waals surface area (Å²) in [5.41, 5.74) is 0.189. The van der Waals surface area contributed by atoms with E-state index in [-0.39, 0.29) is 11.3 Å². The fourth-order valence-electron chi connectivity index (χ4n) is 1.09. The van der Waals surface area contributed by atoms with Crippen molar-refractivity contribution in [1.82, 2.24) is 0 Å². The Kier molecular flexibility index (Phi) is 3.43. The van der Waals surface area contributed by atoms with Crippen molar-refractivity contribution in [3.05, 3.63) is 36.9 Å². The number of halogens is 2. The van der Waals surface area contributed by atoms with Crippen molar-refractivity contribution >= 4 is 45.1 Å². The standard InChI is InChI=1S/C8H5ClINO3/c1-4-2-3-5(10)6(8(9)12)7(4)11(13)14/h2-3H,1H3. The molecule has 0 fully saturated rings. The van der Waals surface area contributed by atoms with Gasteiger partial charge in [0, 0.05) is 9.13 Å². The van der Waals surface area contributed by atoms with E-state index in [0.717, 1.165) is 0 Å². The molecule has 0 N–H and O–H groups in total. The van der Waals surface area contributed by atoms with Gasteiger partial charge in [0.15, 0.2) is 0 Å². The molecule has 0 unspecified atom stereocenters. The quantitative estimate of drug-likeness (QED) is 0.363. The number of aryl methyl sites for hydroxylation is 1. The van der Waals surface area contributed by atoms with Gasteiger partial charge in [-0.2, -0.15) is 0 Å². The molecule has 6 heteroatoms. The average molecular weight is 325 g/mol. The molecule has 0 aliphatic heterocycles. The molecule has 0 aliphatic carbocycles. The highest BCUT2D eigenvalue weighted by Crippen LogP contribution is 2.28. The molecule has 0 bridgehead atoms. The van der Waals surface area contributed by atoms with E-state index < -0.39 is 10.2 Å². The van der Waals surface area contributed by atoms with Crippen molar-refractivity contribution in [2.24, 2.45) is 0 Å². The van der Waals surface area contributed by atoms with E-state index in [0.29, 0.717) is 9.13 Å². The largest absolute Gasteiger partial charge is 0.285 e. The molecule has 0 heterocycles. The van der Waals surface area contributed by atoms with Gasteiger partial charge in [0.25, 0.3) is 10.9 Å². The van der Waals surface area contributed by atoms with Crippen LogP contribution in [0, 0.1) is 20.6 Å². The van der Waals surface area contributed by atoms with Gasteiger partial charge in [-0.3, -0.25) is 14.9 Å². The fourth-order valence-corrected chi connectivity index (χ4v) is 2.12. The zero-order valence-corrected chi connectivity index (χ0v) is 10.00. The third-order valence-electron chi connectivity index (χ3n) is 1.71. The van der Waals surface area contributed by atoms with Crippen LogP contribution in [0.1, 0.15) is 15.9 Å². The molecule has 14 heavy (non-hydrogen) atoms. The van der Waals surface area contributed by atoms with E-state index in [4.69, 9.17) is 11.6 Å². The maximum absolute atomic E-state index is 11.0. The minimum atomic E-state index is -0.801. The lowest BCUT2D eigenvalue weighted by Crippen LogP contribution is -2.03. The van der Waals surface area contributed by atoms with Crippen molar-refractivity contribution in [3.63, 3.8) is 0 Å². The SMILES string of the molecule is Cc1ccc(I)c(C(=O)Cl)c1[N+](=O)[O-]. The van der Waals surface area contributed by atoms with Crippen molar-refractivity contribution in [1.29, 1.82) is 0 Å². The predicted octanol–water partition coefficient (Wildman–Crippen LogP) is 2.89. The number of hydrogen-bond acceptors (Lipinski definition) is 3. The van der Waals surface area contributed by atoms with Gasteiger partial charge in [0.2, 0.25) is 0 Å². The molecule has 0 amide bonds. The molecule has 74 valence electrons. The smallest absolute Gasteiger partial charge is 0.275 e. The van der Waals surface area contributed by atoms with Gasteiger partial charge in [-0.05, 0) is 47.2 Å². The van der Waals surface area contributed by atoms with Crippen LogP contribution in [-0.4, -0.2) is 10.2 Å². The Morgan fingerprint density at radius 1 is 1.57 bits per heavy atom. The molecule has 1 rings (SSSR count). The highest BCUT2D eigenvalue weighted by molar-refractivity contribution is 14.1. The molecular weight excluding hydrogens is 320 g/mol. The number of benzene rings is 1. The van der Waals surface area contributed by atoms with Gasteiger partial charge in [-0.25, -0.2) is 0 Å². The fraction of sp³-hybridized carbons (Fsp3) is 0.125. The lowest BCUT2D eigenvalue weighted by atomic mass is 10.1. The van der Waals surface area contributed by atoms with Crippen LogP contribution in [0.15, 0.2) is 12.1 Å². The summed E-state index contributed by atoms with van der Waals surface area (Å²) in [5.74, 6) is 0. The number of hydrogen-bond donors (Lipinski definition) is 0. The van der Waals surface area contributed by atoms with E-state index in [1.807, 2.05) is 22.6 Å². The molecule has 4 nitrogen and oxygen atoms in total. The number of rotatable bonds is 2. The highest BCUT2D eigenvalue weighted by Gasteiger charge is 2.24. The maximum atomic E-state index is 11.0. The minimum Gasteiger partial charge on any atom is -0.275 e. The third-order valence-corrected chi connectivity index (χ3v) is 2.80.